The van der Waals surface area contributed by atoms with Crippen molar-refractivity contribution in [1.29, 1.82) is 0 Å². The molecule has 0 saturated carbocycles. The van der Waals surface area contributed by atoms with Crippen LogP contribution in [0, 0.1) is 24.0 Å². The molecule has 2 heterocycles. The van der Waals surface area contributed by atoms with Gasteiger partial charge in [0.05, 0.1) is 11.7 Å². The van der Waals surface area contributed by atoms with E-state index in [1.165, 1.54) is 12.1 Å². The lowest BCUT2D eigenvalue weighted by molar-refractivity contribution is -0.139. The maximum atomic E-state index is 13.9. The molecule has 1 aromatic heterocycles. The number of hydrogen-bond acceptors (Lipinski definition) is 6. The SMILES string of the molecule is C#CCO[C@H]1C[C@H](n2cc(C(F)(F)F)c(=O)[nH]c2=O)O[C@@H]1COC(=S)c1cccc(F)c1F. The number of rotatable bonds is 6. The molecule has 0 spiro atoms. The van der Waals surface area contributed by atoms with Gasteiger partial charge in [-0.2, -0.15) is 13.2 Å². The van der Waals surface area contributed by atoms with Crippen molar-refractivity contribution in [2.24, 2.45) is 0 Å². The lowest BCUT2D eigenvalue weighted by Crippen LogP contribution is -2.36. The Kier molecular flexibility index (Phi) is 7.31. The molecule has 0 aliphatic carbocycles. The maximum Gasteiger partial charge on any atom is 0.423 e. The molecule has 1 aliphatic heterocycles. The van der Waals surface area contributed by atoms with Gasteiger partial charge in [-0.1, -0.05) is 12.0 Å². The summed E-state index contributed by atoms with van der Waals surface area (Å²) in [5, 5.41) is -0.393. The van der Waals surface area contributed by atoms with E-state index in [0.717, 1.165) is 6.07 Å². The largest absolute Gasteiger partial charge is 0.480 e. The minimum Gasteiger partial charge on any atom is -0.480 e. The summed E-state index contributed by atoms with van der Waals surface area (Å²) in [5.74, 6) is -0.129. The van der Waals surface area contributed by atoms with Crippen LogP contribution in [0.3, 0.4) is 0 Å². The monoisotopic (exact) mass is 490 g/mol. The number of halogens is 5. The van der Waals surface area contributed by atoms with E-state index in [2.05, 4.69) is 5.92 Å². The van der Waals surface area contributed by atoms with Gasteiger partial charge in [-0.15, -0.1) is 6.42 Å². The molecule has 1 aliphatic rings. The highest BCUT2D eigenvalue weighted by Gasteiger charge is 2.40. The second-order valence-electron chi connectivity index (χ2n) is 6.83. The number of aromatic nitrogens is 2. The van der Waals surface area contributed by atoms with Gasteiger partial charge in [-0.25, -0.2) is 13.6 Å². The van der Waals surface area contributed by atoms with Gasteiger partial charge in [-0.05, 0) is 24.4 Å². The molecule has 3 atom stereocenters. The van der Waals surface area contributed by atoms with Crippen molar-refractivity contribution in [1.82, 2.24) is 9.55 Å². The van der Waals surface area contributed by atoms with E-state index in [4.69, 9.17) is 32.9 Å². The molecule has 1 N–H and O–H groups in total. The fourth-order valence-electron chi connectivity index (χ4n) is 3.15. The highest BCUT2D eigenvalue weighted by Crippen LogP contribution is 2.32. The number of nitrogens with zero attached hydrogens (tertiary/aromatic N) is 1. The molecule has 1 aromatic carbocycles. The molecule has 0 amide bonds. The summed E-state index contributed by atoms with van der Waals surface area (Å²) in [6.45, 7) is -0.556. The van der Waals surface area contributed by atoms with Gasteiger partial charge in [-0.3, -0.25) is 14.3 Å². The third-order valence-electron chi connectivity index (χ3n) is 4.69. The van der Waals surface area contributed by atoms with E-state index in [9.17, 15) is 31.5 Å². The highest BCUT2D eigenvalue weighted by atomic mass is 32.1. The summed E-state index contributed by atoms with van der Waals surface area (Å²) >= 11 is 4.97. The first kappa shape index (κ1) is 24.6. The average molecular weight is 490 g/mol. The first-order chi connectivity index (χ1) is 15.5. The Morgan fingerprint density at radius 3 is 2.73 bits per heavy atom. The molecule has 2 aromatic rings. The highest BCUT2D eigenvalue weighted by molar-refractivity contribution is 7.80. The summed E-state index contributed by atoms with van der Waals surface area (Å²) < 4.78 is 83.5. The van der Waals surface area contributed by atoms with Crippen molar-refractivity contribution in [2.45, 2.75) is 31.0 Å². The van der Waals surface area contributed by atoms with Crippen LogP contribution in [-0.2, 0) is 20.4 Å². The van der Waals surface area contributed by atoms with Gasteiger partial charge >= 0.3 is 11.9 Å². The Hall–Kier alpha value is -3.08. The van der Waals surface area contributed by atoms with Crippen LogP contribution in [0.1, 0.15) is 23.8 Å². The normalized spacial score (nSPS) is 20.4. The summed E-state index contributed by atoms with van der Waals surface area (Å²) in [4.78, 5) is 25.2. The van der Waals surface area contributed by atoms with E-state index in [-0.39, 0.29) is 25.2 Å². The molecule has 1 fully saturated rings. The summed E-state index contributed by atoms with van der Waals surface area (Å²) in [6, 6.07) is 3.32. The molecule has 176 valence electrons. The number of alkyl halides is 3. The zero-order chi connectivity index (χ0) is 24.3. The van der Waals surface area contributed by atoms with Crippen molar-refractivity contribution in [3.05, 3.63) is 68.0 Å². The third-order valence-corrected chi connectivity index (χ3v) is 5.03. The first-order valence-corrected chi connectivity index (χ1v) is 9.68. The Balaban J connectivity index is 1.81. The van der Waals surface area contributed by atoms with E-state index < -0.39 is 58.1 Å². The summed E-state index contributed by atoms with van der Waals surface area (Å²) in [5.41, 5.74) is -4.63. The number of thiocarbonyl (C=S) groups is 1. The fourth-order valence-corrected chi connectivity index (χ4v) is 3.38. The van der Waals surface area contributed by atoms with E-state index in [1.54, 1.807) is 4.98 Å². The predicted molar refractivity (Wildman–Crippen MR) is 107 cm³/mol. The van der Waals surface area contributed by atoms with Gasteiger partial charge in [0.25, 0.3) is 5.56 Å². The van der Waals surface area contributed by atoms with E-state index in [0.29, 0.717) is 10.8 Å². The van der Waals surface area contributed by atoms with Gasteiger partial charge in [0.1, 0.15) is 31.1 Å². The molecule has 1 saturated heterocycles. The number of hydrogen-bond donors (Lipinski definition) is 1. The van der Waals surface area contributed by atoms with Gasteiger partial charge in [0.2, 0.25) is 0 Å². The van der Waals surface area contributed by atoms with E-state index in [1.807, 2.05) is 0 Å². The predicted octanol–water partition coefficient (Wildman–Crippen LogP) is 2.53. The second kappa shape index (κ2) is 9.82. The molecule has 0 unspecified atom stereocenters. The maximum absolute atomic E-state index is 13.9. The van der Waals surface area contributed by atoms with Gasteiger partial charge < -0.3 is 14.2 Å². The molecular weight excluding hydrogens is 475 g/mol. The average Bonchev–Trinajstić information content (AvgIpc) is 3.14. The van der Waals surface area contributed by atoms with Crippen LogP contribution >= 0.6 is 12.2 Å². The number of aromatic amines is 1. The standard InChI is InChI=1S/C20H15F5N2O5S/c1-2-6-30-13-7-15(27-8-11(20(23,24)25)17(28)26-19(27)29)32-14(13)9-31-18(33)10-4-3-5-12(21)16(10)22/h1,3-5,8,13-15H,6-7,9H2,(H,26,28,29)/t13-,14+,15+/m0/s1. The summed E-state index contributed by atoms with van der Waals surface area (Å²) in [7, 11) is 0. The number of H-pyrrole nitrogens is 1. The molecule has 0 bridgehead atoms. The Bertz CT molecular complexity index is 1200. The Labute approximate surface area is 188 Å². The topological polar surface area (TPSA) is 82.6 Å². The molecule has 33 heavy (non-hydrogen) atoms. The minimum atomic E-state index is -5.01. The summed E-state index contributed by atoms with van der Waals surface area (Å²) in [6.07, 6.45) is -2.73. The lowest BCUT2D eigenvalue weighted by atomic mass is 10.2. The smallest absolute Gasteiger partial charge is 0.423 e. The minimum absolute atomic E-state index is 0.125. The molecule has 3 rings (SSSR count). The molecular formula is C20H15F5N2O5S. The first-order valence-electron chi connectivity index (χ1n) is 9.27. The van der Waals surface area contributed by atoms with Crippen LogP contribution in [0.4, 0.5) is 22.0 Å². The van der Waals surface area contributed by atoms with Crippen LogP contribution in [0.5, 0.6) is 0 Å². The fraction of sp³-hybridized carbons (Fsp3) is 0.350. The molecule has 13 heteroatoms. The van der Waals surface area contributed by atoms with E-state index >= 15 is 0 Å². The van der Waals surface area contributed by atoms with Crippen LogP contribution < -0.4 is 11.2 Å². The van der Waals surface area contributed by atoms with Crippen LogP contribution in [-0.4, -0.2) is 40.0 Å². The number of ether oxygens (including phenoxy) is 3. The number of benzene rings is 1. The Morgan fingerprint density at radius 2 is 2.06 bits per heavy atom. The van der Waals surface area contributed by atoms with Crippen molar-refractivity contribution in [2.75, 3.05) is 13.2 Å². The van der Waals surface area contributed by atoms with Crippen LogP contribution in [0.2, 0.25) is 0 Å². The van der Waals surface area contributed by atoms with Crippen molar-refractivity contribution in [3.8, 4) is 12.3 Å². The van der Waals surface area contributed by atoms with Gasteiger partial charge in [0.15, 0.2) is 16.7 Å². The number of terminal acetylenes is 1. The van der Waals surface area contributed by atoms with Crippen molar-refractivity contribution < 1.29 is 36.2 Å². The zero-order valence-corrected chi connectivity index (χ0v) is 17.3. The van der Waals surface area contributed by atoms with Crippen LogP contribution in [0.15, 0.2) is 34.0 Å². The van der Waals surface area contributed by atoms with Gasteiger partial charge in [0, 0.05) is 12.6 Å². The van der Waals surface area contributed by atoms with Crippen LogP contribution in [0.25, 0.3) is 0 Å². The quantitative estimate of drug-likeness (QED) is 0.381. The van der Waals surface area contributed by atoms with Crippen molar-refractivity contribution >= 4 is 17.3 Å². The lowest BCUT2D eigenvalue weighted by Gasteiger charge is -2.19. The zero-order valence-electron chi connectivity index (χ0n) is 16.5. The third kappa shape index (κ3) is 5.47. The second-order valence-corrected chi connectivity index (χ2v) is 7.20. The molecule has 0 radical (unpaired) electrons. The van der Waals surface area contributed by atoms with Crippen molar-refractivity contribution in [3.63, 3.8) is 0 Å². The Morgan fingerprint density at radius 1 is 1.33 bits per heavy atom. The molecule has 7 nitrogen and oxygen atoms in total. The number of nitrogens with one attached hydrogen (secondary N) is 1.